The molecule has 144 valence electrons. The number of para-hydroxylation sites is 2. The van der Waals surface area contributed by atoms with Gasteiger partial charge in [0.15, 0.2) is 11.6 Å². The zero-order valence-corrected chi connectivity index (χ0v) is 15.1. The van der Waals surface area contributed by atoms with Crippen LogP contribution in [-0.2, 0) is 0 Å². The Morgan fingerprint density at radius 3 is 2.90 bits per heavy atom. The molecule has 2 heterocycles. The number of carbonyl (C=O) groups excluding carboxylic acids is 1. The van der Waals surface area contributed by atoms with Crippen molar-refractivity contribution in [2.24, 2.45) is 0 Å². The maximum Gasteiger partial charge on any atom is 0.256 e. The second-order valence-corrected chi connectivity index (χ2v) is 6.12. The topological polar surface area (TPSA) is 140 Å². The number of nitrogens with zero attached hydrogens (tertiary/aromatic N) is 3. The largest absolute Gasteiger partial charge is 0.490 e. The number of anilines is 1. The monoisotopic (exact) mass is 388 g/mol. The first-order valence-electron chi connectivity index (χ1n) is 8.77. The summed E-state index contributed by atoms with van der Waals surface area (Å²) in [6.45, 7) is -0.0993. The zero-order valence-electron chi connectivity index (χ0n) is 15.1. The maximum absolute atomic E-state index is 12.5. The van der Waals surface area contributed by atoms with Crippen molar-refractivity contribution in [1.82, 2.24) is 20.2 Å². The van der Waals surface area contributed by atoms with Gasteiger partial charge in [0.2, 0.25) is 0 Å². The molecule has 0 bridgehead atoms. The minimum Gasteiger partial charge on any atom is -0.490 e. The molecule has 0 fully saturated rings. The second kappa shape index (κ2) is 7.84. The van der Waals surface area contributed by atoms with Crippen LogP contribution < -0.4 is 10.1 Å². The molecule has 0 spiro atoms. The number of ether oxygens (including phenoxy) is 1. The highest BCUT2D eigenvalue weighted by Crippen LogP contribution is 2.22. The van der Waals surface area contributed by atoms with E-state index in [4.69, 9.17) is 9.84 Å². The van der Waals surface area contributed by atoms with Crippen LogP contribution in [0.4, 0.5) is 5.82 Å². The Bertz CT molecular complexity index is 1190. The Hall–Kier alpha value is -4.16. The normalized spacial score (nSPS) is 10.6. The summed E-state index contributed by atoms with van der Waals surface area (Å²) in [7, 11) is 0. The lowest BCUT2D eigenvalue weighted by atomic mass is 10.1. The number of nitriles is 1. The summed E-state index contributed by atoms with van der Waals surface area (Å²) in [5, 5.41) is 27.7. The first-order chi connectivity index (χ1) is 14.2. The Balaban J connectivity index is 1.51. The van der Waals surface area contributed by atoms with Crippen molar-refractivity contribution < 1.29 is 14.6 Å². The number of amides is 1. The van der Waals surface area contributed by atoms with Crippen molar-refractivity contribution >= 4 is 22.8 Å². The van der Waals surface area contributed by atoms with Gasteiger partial charge in [0.25, 0.3) is 5.91 Å². The highest BCUT2D eigenvalue weighted by molar-refractivity contribution is 6.04. The third-order valence-corrected chi connectivity index (χ3v) is 4.18. The van der Waals surface area contributed by atoms with Gasteiger partial charge in [-0.3, -0.25) is 9.89 Å². The number of benzene rings is 2. The minimum absolute atomic E-state index is 0.0675. The van der Waals surface area contributed by atoms with Crippen molar-refractivity contribution in [3.8, 4) is 23.3 Å². The number of hydrogen-bond acceptors (Lipinski definition) is 6. The van der Waals surface area contributed by atoms with E-state index >= 15 is 0 Å². The molecule has 29 heavy (non-hydrogen) atoms. The van der Waals surface area contributed by atoms with Crippen LogP contribution in [-0.4, -0.2) is 44.4 Å². The van der Waals surface area contributed by atoms with Gasteiger partial charge in [-0.2, -0.15) is 10.4 Å². The molecule has 0 aliphatic heterocycles. The first-order valence-corrected chi connectivity index (χ1v) is 8.77. The minimum atomic E-state index is -0.419. The molecule has 0 radical (unpaired) electrons. The lowest BCUT2D eigenvalue weighted by molar-refractivity contribution is 0.102. The quantitative estimate of drug-likeness (QED) is 0.400. The molecular formula is C20H16N6O3. The summed E-state index contributed by atoms with van der Waals surface area (Å²) in [5.41, 5.74) is 2.84. The number of H-pyrrole nitrogens is 2. The lowest BCUT2D eigenvalue weighted by Gasteiger charge is -2.08. The lowest BCUT2D eigenvalue weighted by Crippen LogP contribution is -2.13. The van der Waals surface area contributed by atoms with Gasteiger partial charge in [0.1, 0.15) is 24.1 Å². The maximum atomic E-state index is 12.5. The Morgan fingerprint density at radius 1 is 1.24 bits per heavy atom. The molecule has 0 saturated heterocycles. The van der Waals surface area contributed by atoms with Gasteiger partial charge in [-0.25, -0.2) is 4.98 Å². The fourth-order valence-electron chi connectivity index (χ4n) is 2.82. The van der Waals surface area contributed by atoms with E-state index in [9.17, 15) is 10.1 Å². The summed E-state index contributed by atoms with van der Waals surface area (Å²) in [5.74, 6) is 0.823. The number of aromatic amines is 2. The van der Waals surface area contributed by atoms with E-state index in [-0.39, 0.29) is 24.3 Å². The van der Waals surface area contributed by atoms with Crippen LogP contribution in [0.15, 0.2) is 48.5 Å². The van der Waals surface area contributed by atoms with Gasteiger partial charge >= 0.3 is 0 Å². The smallest absolute Gasteiger partial charge is 0.256 e. The van der Waals surface area contributed by atoms with Crippen molar-refractivity contribution in [3.05, 3.63) is 59.7 Å². The highest BCUT2D eigenvalue weighted by Gasteiger charge is 2.14. The summed E-state index contributed by atoms with van der Waals surface area (Å²) in [6, 6.07) is 15.8. The number of fused-ring (bicyclic) bond motifs is 1. The highest BCUT2D eigenvalue weighted by atomic mass is 16.5. The number of imidazole rings is 1. The molecule has 0 unspecified atom stereocenters. The van der Waals surface area contributed by atoms with E-state index in [2.05, 4.69) is 25.5 Å². The van der Waals surface area contributed by atoms with Gasteiger partial charge in [0.05, 0.1) is 23.2 Å². The number of hydrogen-bond donors (Lipinski definition) is 4. The summed E-state index contributed by atoms with van der Waals surface area (Å²) < 4.78 is 5.28. The molecule has 0 atom stereocenters. The van der Waals surface area contributed by atoms with Crippen LogP contribution in [0.2, 0.25) is 0 Å². The summed E-state index contributed by atoms with van der Waals surface area (Å²) in [6.07, 6.45) is 0. The van der Waals surface area contributed by atoms with E-state index in [1.165, 1.54) is 18.2 Å². The number of rotatable bonds is 6. The van der Waals surface area contributed by atoms with E-state index in [1.54, 1.807) is 6.07 Å². The van der Waals surface area contributed by atoms with Crippen molar-refractivity contribution in [2.45, 2.75) is 0 Å². The van der Waals surface area contributed by atoms with Gasteiger partial charge in [-0.1, -0.05) is 12.1 Å². The van der Waals surface area contributed by atoms with Gasteiger partial charge in [0, 0.05) is 11.6 Å². The van der Waals surface area contributed by atoms with Crippen molar-refractivity contribution in [3.63, 3.8) is 0 Å². The Labute approximate surface area is 165 Å². The van der Waals surface area contributed by atoms with Crippen molar-refractivity contribution in [2.75, 3.05) is 18.5 Å². The zero-order chi connectivity index (χ0) is 20.2. The van der Waals surface area contributed by atoms with E-state index in [0.717, 1.165) is 11.0 Å². The Kier molecular flexibility index (Phi) is 4.92. The number of aliphatic hydroxyl groups is 1. The number of aliphatic hydroxyl groups excluding tert-OH is 1. The van der Waals surface area contributed by atoms with Crippen LogP contribution in [0.1, 0.15) is 15.9 Å². The number of nitrogens with one attached hydrogen (secondary N) is 3. The van der Waals surface area contributed by atoms with E-state index < -0.39 is 5.91 Å². The predicted octanol–water partition coefficient (Wildman–Crippen LogP) is 2.45. The van der Waals surface area contributed by atoms with Gasteiger partial charge < -0.3 is 20.1 Å². The average Bonchev–Trinajstić information content (AvgIpc) is 3.38. The molecule has 9 nitrogen and oxygen atoms in total. The van der Waals surface area contributed by atoms with Crippen molar-refractivity contribution in [1.29, 1.82) is 5.26 Å². The molecule has 2 aromatic heterocycles. The Morgan fingerprint density at radius 2 is 2.10 bits per heavy atom. The molecule has 4 N–H and O–H groups in total. The fourth-order valence-corrected chi connectivity index (χ4v) is 2.82. The molecule has 0 aliphatic carbocycles. The molecule has 9 heteroatoms. The molecule has 1 amide bonds. The van der Waals surface area contributed by atoms with Crippen LogP contribution in [0.25, 0.3) is 22.6 Å². The van der Waals surface area contributed by atoms with Crippen LogP contribution in [0.5, 0.6) is 5.75 Å². The standard InChI is InChI=1S/C20H16N6O3/c21-11-13-9-12(5-6-17(13)29-8-7-27)20(28)24-18-10-16(25-26-18)19-22-14-3-1-2-4-15(14)23-19/h1-6,9-10,27H,7-8H2,(H,22,23)(H2,24,25,26,28). The predicted molar refractivity (Wildman–Crippen MR) is 105 cm³/mol. The molecule has 0 saturated carbocycles. The van der Waals surface area contributed by atoms with E-state index in [0.29, 0.717) is 23.1 Å². The molecule has 4 aromatic rings. The SMILES string of the molecule is N#Cc1cc(C(=O)Nc2cc(-c3nc4ccccc4[nH]3)[nH]n2)ccc1OCCO. The van der Waals surface area contributed by atoms with Crippen LogP contribution in [0, 0.1) is 11.3 Å². The third-order valence-electron chi connectivity index (χ3n) is 4.18. The molecule has 2 aromatic carbocycles. The first kappa shape index (κ1) is 18.2. The van der Waals surface area contributed by atoms with Gasteiger partial charge in [-0.05, 0) is 30.3 Å². The fraction of sp³-hybridized carbons (Fsp3) is 0.100. The molecule has 4 rings (SSSR count). The van der Waals surface area contributed by atoms with E-state index in [1.807, 2.05) is 30.3 Å². The third kappa shape index (κ3) is 3.78. The summed E-state index contributed by atoms with van der Waals surface area (Å²) >= 11 is 0. The van der Waals surface area contributed by atoms with Crippen LogP contribution in [0.3, 0.4) is 0 Å². The molecule has 0 aliphatic rings. The number of carbonyl (C=O) groups is 1. The second-order valence-electron chi connectivity index (χ2n) is 6.12. The average molecular weight is 388 g/mol. The van der Waals surface area contributed by atoms with Crippen LogP contribution >= 0.6 is 0 Å². The molecular weight excluding hydrogens is 372 g/mol. The number of aromatic nitrogens is 4. The van der Waals surface area contributed by atoms with Gasteiger partial charge in [-0.15, -0.1) is 0 Å². The summed E-state index contributed by atoms with van der Waals surface area (Å²) in [4.78, 5) is 20.2.